The fourth-order valence-electron chi connectivity index (χ4n) is 3.91. The van der Waals surface area contributed by atoms with Crippen molar-refractivity contribution in [1.82, 2.24) is 4.90 Å². The summed E-state index contributed by atoms with van der Waals surface area (Å²) >= 11 is 0. The van der Waals surface area contributed by atoms with Crippen molar-refractivity contribution in [3.63, 3.8) is 0 Å². The summed E-state index contributed by atoms with van der Waals surface area (Å²) < 4.78 is 0. The number of nitrogens with zero attached hydrogens (tertiary/aromatic N) is 3. The Morgan fingerprint density at radius 1 is 1.05 bits per heavy atom. The van der Waals surface area contributed by atoms with Crippen molar-refractivity contribution in [1.29, 1.82) is 0 Å². The second-order valence-electron chi connectivity index (χ2n) is 6.18. The van der Waals surface area contributed by atoms with Crippen LogP contribution in [0.15, 0.2) is 36.4 Å². The summed E-state index contributed by atoms with van der Waals surface area (Å²) in [6.45, 7) is 4.34. The summed E-state index contributed by atoms with van der Waals surface area (Å²) in [4.78, 5) is 15.9. The molecule has 0 spiro atoms. The van der Waals surface area contributed by atoms with Gasteiger partial charge in [-0.15, -0.1) is 0 Å². The first-order chi connectivity index (χ1) is 10.7. The Morgan fingerprint density at radius 2 is 1.86 bits per heavy atom. The average molecular weight is 297 g/mol. The molecule has 0 saturated carbocycles. The maximum absolute atomic E-state index is 11.2. The van der Waals surface area contributed by atoms with Crippen molar-refractivity contribution in [3.05, 3.63) is 46.5 Å². The number of anilines is 1. The summed E-state index contributed by atoms with van der Waals surface area (Å²) in [7, 11) is 0. The number of nitro benzene ring substituents is 1. The highest BCUT2D eigenvalue weighted by Gasteiger charge is 2.31. The molecule has 5 heteroatoms. The topological polar surface area (TPSA) is 49.6 Å². The lowest BCUT2D eigenvalue weighted by molar-refractivity contribution is -0.383. The van der Waals surface area contributed by atoms with Crippen LogP contribution >= 0.6 is 0 Å². The molecule has 2 heterocycles. The second kappa shape index (κ2) is 5.25. The minimum atomic E-state index is -0.291. The number of rotatable bonds is 2. The third-order valence-corrected chi connectivity index (χ3v) is 5.00. The summed E-state index contributed by atoms with van der Waals surface area (Å²) in [5.41, 5.74) is 1.33. The number of hydrogen-bond acceptors (Lipinski definition) is 4. The smallest absolute Gasteiger partial charge is 0.277 e. The summed E-state index contributed by atoms with van der Waals surface area (Å²) in [5.74, 6) is 0. The van der Waals surface area contributed by atoms with Crippen molar-refractivity contribution >= 4 is 22.1 Å². The molecule has 2 saturated heterocycles. The van der Waals surface area contributed by atoms with Crippen LogP contribution in [0, 0.1) is 10.1 Å². The molecule has 2 aromatic carbocycles. The predicted octanol–water partition coefficient (Wildman–Crippen LogP) is 3.03. The van der Waals surface area contributed by atoms with E-state index in [9.17, 15) is 10.1 Å². The molecule has 2 aliphatic rings. The van der Waals surface area contributed by atoms with Gasteiger partial charge in [0.2, 0.25) is 0 Å². The maximum atomic E-state index is 11.2. The molecule has 5 nitrogen and oxygen atoms in total. The highest BCUT2D eigenvalue weighted by molar-refractivity contribution is 6.00. The second-order valence-corrected chi connectivity index (χ2v) is 6.18. The fourth-order valence-corrected chi connectivity index (χ4v) is 3.91. The van der Waals surface area contributed by atoms with E-state index >= 15 is 0 Å². The van der Waals surface area contributed by atoms with Crippen molar-refractivity contribution in [2.45, 2.75) is 18.9 Å². The first kappa shape index (κ1) is 13.5. The minimum Gasteiger partial charge on any atom is -0.368 e. The Morgan fingerprint density at radius 3 is 2.68 bits per heavy atom. The van der Waals surface area contributed by atoms with E-state index in [-0.39, 0.29) is 10.6 Å². The molecule has 2 aliphatic heterocycles. The monoisotopic (exact) mass is 297 g/mol. The summed E-state index contributed by atoms with van der Waals surface area (Å²) in [6, 6.07) is 11.9. The number of benzene rings is 2. The number of hydrogen-bond donors (Lipinski definition) is 0. The van der Waals surface area contributed by atoms with E-state index in [1.165, 1.54) is 19.4 Å². The number of nitro groups is 1. The molecule has 0 N–H and O–H groups in total. The zero-order valence-electron chi connectivity index (χ0n) is 12.4. The van der Waals surface area contributed by atoms with Crippen LogP contribution in [0.1, 0.15) is 12.8 Å². The van der Waals surface area contributed by atoms with Crippen LogP contribution in [-0.4, -0.2) is 42.0 Å². The molecule has 0 radical (unpaired) electrons. The first-order valence-electron chi connectivity index (χ1n) is 7.89. The van der Waals surface area contributed by atoms with Gasteiger partial charge in [-0.05, 0) is 31.5 Å². The Kier molecular flexibility index (Phi) is 3.22. The lowest BCUT2D eigenvalue weighted by atomic mass is 10.0. The molecule has 0 amide bonds. The molecule has 114 valence electrons. The third kappa shape index (κ3) is 2.13. The van der Waals surface area contributed by atoms with E-state index in [2.05, 4.69) is 9.80 Å². The zero-order chi connectivity index (χ0) is 15.1. The lowest BCUT2D eigenvalue weighted by Gasteiger charge is -2.39. The Balaban J connectivity index is 1.76. The molecule has 0 bridgehead atoms. The van der Waals surface area contributed by atoms with Crippen LogP contribution in [0.2, 0.25) is 0 Å². The number of non-ortho nitro benzene ring substituents is 1. The van der Waals surface area contributed by atoms with E-state index in [1.54, 1.807) is 6.07 Å². The van der Waals surface area contributed by atoms with Gasteiger partial charge in [-0.3, -0.25) is 15.0 Å². The van der Waals surface area contributed by atoms with Gasteiger partial charge in [-0.25, -0.2) is 0 Å². The van der Waals surface area contributed by atoms with Crippen LogP contribution in [0.25, 0.3) is 10.8 Å². The van der Waals surface area contributed by atoms with Crippen molar-refractivity contribution in [3.8, 4) is 0 Å². The van der Waals surface area contributed by atoms with E-state index in [1.807, 2.05) is 30.3 Å². The van der Waals surface area contributed by atoms with E-state index in [0.29, 0.717) is 6.04 Å². The molecule has 22 heavy (non-hydrogen) atoms. The van der Waals surface area contributed by atoms with Gasteiger partial charge in [-0.2, -0.15) is 0 Å². The maximum Gasteiger partial charge on any atom is 0.277 e. The molecule has 2 fully saturated rings. The largest absolute Gasteiger partial charge is 0.368 e. The van der Waals surface area contributed by atoms with Crippen LogP contribution in [-0.2, 0) is 0 Å². The highest BCUT2D eigenvalue weighted by atomic mass is 16.6. The Bertz CT molecular complexity index is 731. The van der Waals surface area contributed by atoms with Crippen LogP contribution in [0.4, 0.5) is 11.4 Å². The number of fused-ring (bicyclic) bond motifs is 2. The molecule has 1 atom stereocenters. The lowest BCUT2D eigenvalue weighted by Crippen LogP contribution is -2.50. The normalized spacial score (nSPS) is 22.0. The van der Waals surface area contributed by atoms with Gasteiger partial charge in [0.25, 0.3) is 5.69 Å². The zero-order valence-corrected chi connectivity index (χ0v) is 12.4. The van der Waals surface area contributed by atoms with Crippen molar-refractivity contribution in [2.75, 3.05) is 31.1 Å². The number of piperazine rings is 1. The molecule has 0 aromatic heterocycles. The molecular formula is C17H19N3O2. The van der Waals surface area contributed by atoms with Gasteiger partial charge < -0.3 is 4.90 Å². The van der Waals surface area contributed by atoms with Gasteiger partial charge in [0.15, 0.2) is 0 Å². The first-order valence-corrected chi connectivity index (χ1v) is 7.89. The quantitative estimate of drug-likeness (QED) is 0.631. The van der Waals surface area contributed by atoms with Gasteiger partial charge in [0.05, 0.1) is 10.3 Å². The molecule has 0 aliphatic carbocycles. The molecular weight excluding hydrogens is 278 g/mol. The van der Waals surface area contributed by atoms with Gasteiger partial charge >= 0.3 is 0 Å². The summed E-state index contributed by atoms with van der Waals surface area (Å²) in [6.07, 6.45) is 2.56. The third-order valence-electron chi connectivity index (χ3n) is 5.00. The van der Waals surface area contributed by atoms with Crippen molar-refractivity contribution in [2.24, 2.45) is 0 Å². The Labute approximate surface area is 129 Å². The SMILES string of the molecule is O=[N+]([O-])c1ccc(N2CCN3CCCC3C2)c2ccccc12. The van der Waals surface area contributed by atoms with E-state index in [4.69, 9.17) is 0 Å². The molecule has 1 unspecified atom stereocenters. The Hall–Kier alpha value is -2.14. The van der Waals surface area contributed by atoms with E-state index < -0.39 is 0 Å². The predicted molar refractivity (Wildman–Crippen MR) is 87.4 cm³/mol. The highest BCUT2D eigenvalue weighted by Crippen LogP contribution is 2.35. The van der Waals surface area contributed by atoms with E-state index in [0.717, 1.165) is 36.1 Å². The van der Waals surface area contributed by atoms with Crippen LogP contribution in [0.3, 0.4) is 0 Å². The van der Waals surface area contributed by atoms with Gasteiger partial charge in [0.1, 0.15) is 0 Å². The molecule has 4 rings (SSSR count). The average Bonchev–Trinajstić information content (AvgIpc) is 3.01. The minimum absolute atomic E-state index is 0.193. The summed E-state index contributed by atoms with van der Waals surface area (Å²) in [5, 5.41) is 13.0. The van der Waals surface area contributed by atoms with Crippen LogP contribution < -0.4 is 4.90 Å². The van der Waals surface area contributed by atoms with Gasteiger partial charge in [0, 0.05) is 42.8 Å². The van der Waals surface area contributed by atoms with Gasteiger partial charge in [-0.1, -0.05) is 18.2 Å². The fraction of sp³-hybridized carbons (Fsp3) is 0.412. The van der Waals surface area contributed by atoms with Crippen LogP contribution in [0.5, 0.6) is 0 Å². The molecule has 2 aromatic rings. The standard InChI is InChI=1S/C17H19N3O2/c21-20(22)17-8-7-16(14-5-1-2-6-15(14)17)19-11-10-18-9-3-4-13(18)12-19/h1-2,5-8,13H,3-4,9-12H2. The van der Waals surface area contributed by atoms with Crippen molar-refractivity contribution < 1.29 is 4.92 Å².